The Morgan fingerprint density at radius 1 is 1.02 bits per heavy atom. The summed E-state index contributed by atoms with van der Waals surface area (Å²) in [6, 6.07) is 22.6. The molecule has 7 nitrogen and oxygen atoms in total. The molecular weight excluding hydrogens is 524 g/mol. The molecule has 2 N–H and O–H groups in total. The van der Waals surface area contributed by atoms with Crippen LogP contribution in [0.2, 0.25) is 0 Å². The topological polar surface area (TPSA) is 72.4 Å². The summed E-state index contributed by atoms with van der Waals surface area (Å²) in [5, 5.41) is 17.6. The van der Waals surface area contributed by atoms with Gasteiger partial charge in [-0.15, -0.1) is 11.3 Å². The number of nitrogens with one attached hydrogen (secondary N) is 1. The van der Waals surface area contributed by atoms with Crippen LogP contribution in [0, 0.1) is 0 Å². The minimum atomic E-state index is -0.542. The highest BCUT2D eigenvalue weighted by Crippen LogP contribution is 2.35. The summed E-state index contributed by atoms with van der Waals surface area (Å²) in [5.41, 5.74) is 3.24. The molecule has 2 aliphatic heterocycles. The Kier molecular flexibility index (Phi) is 8.51. The minimum Gasteiger partial charge on any atom is -0.490 e. The molecule has 8 heteroatoms. The highest BCUT2D eigenvalue weighted by Gasteiger charge is 2.34. The highest BCUT2D eigenvalue weighted by molar-refractivity contribution is 7.17. The lowest BCUT2D eigenvalue weighted by Crippen LogP contribution is -2.49. The van der Waals surface area contributed by atoms with Crippen molar-refractivity contribution in [2.45, 2.75) is 31.2 Å². The number of rotatable bonds is 10. The van der Waals surface area contributed by atoms with E-state index in [9.17, 15) is 5.11 Å². The average Bonchev–Trinajstić information content (AvgIpc) is 3.45. The quantitative estimate of drug-likeness (QED) is 0.246. The van der Waals surface area contributed by atoms with Crippen LogP contribution in [-0.2, 0) is 16.1 Å². The number of thiophene rings is 1. The molecule has 0 radical (unpaired) electrons. The Bertz CT molecular complexity index is 1410. The van der Waals surface area contributed by atoms with E-state index >= 15 is 0 Å². The van der Waals surface area contributed by atoms with E-state index in [4.69, 9.17) is 18.9 Å². The lowest BCUT2D eigenvalue weighted by molar-refractivity contribution is -0.0328. The van der Waals surface area contributed by atoms with Gasteiger partial charge in [0.25, 0.3) is 0 Å². The molecule has 4 aromatic rings. The largest absolute Gasteiger partial charge is 0.490 e. The van der Waals surface area contributed by atoms with Crippen molar-refractivity contribution in [3.63, 3.8) is 0 Å². The van der Waals surface area contributed by atoms with Gasteiger partial charge < -0.3 is 34.3 Å². The van der Waals surface area contributed by atoms with Crippen LogP contribution in [0.15, 0.2) is 72.1 Å². The molecule has 0 bridgehead atoms. The molecule has 0 spiro atoms. The van der Waals surface area contributed by atoms with E-state index in [1.54, 1.807) is 18.4 Å². The minimum absolute atomic E-state index is 0.135. The molecule has 3 aromatic carbocycles. The number of β-amino-alcohol motifs (C(OH)–C–C–N with tert-alkyl or cyclic N) is 1. The molecule has 2 aliphatic rings. The van der Waals surface area contributed by atoms with E-state index in [1.165, 1.54) is 10.1 Å². The normalized spacial score (nSPS) is 20.8. The molecule has 40 heavy (non-hydrogen) atoms. The SMILES string of the molecule is COCCCN1CCOc2ccc(CO[C@H]3CNC[C@@H](O)[C@@H]3c3ccc(Oc4ccc5sccc5c4)cc3)cc21. The van der Waals surface area contributed by atoms with Crippen LogP contribution >= 0.6 is 11.3 Å². The van der Waals surface area contributed by atoms with Gasteiger partial charge >= 0.3 is 0 Å². The zero-order valence-corrected chi connectivity index (χ0v) is 23.6. The fourth-order valence-corrected chi connectivity index (χ4v) is 6.39. The zero-order chi connectivity index (χ0) is 27.3. The molecule has 1 fully saturated rings. The zero-order valence-electron chi connectivity index (χ0n) is 22.8. The van der Waals surface area contributed by atoms with Gasteiger partial charge in [-0.1, -0.05) is 18.2 Å². The fraction of sp³-hybridized carbons (Fsp3) is 0.375. The van der Waals surface area contributed by atoms with Crippen molar-refractivity contribution in [2.24, 2.45) is 0 Å². The van der Waals surface area contributed by atoms with Gasteiger partial charge in [-0.05, 0) is 76.8 Å². The van der Waals surface area contributed by atoms with Gasteiger partial charge in [0.05, 0.1) is 31.0 Å². The monoisotopic (exact) mass is 560 g/mol. The fourth-order valence-electron chi connectivity index (χ4n) is 5.62. The molecule has 6 rings (SSSR count). The third kappa shape index (κ3) is 6.11. The summed E-state index contributed by atoms with van der Waals surface area (Å²) >= 11 is 1.72. The summed E-state index contributed by atoms with van der Waals surface area (Å²) < 4.78 is 25.0. The molecule has 0 unspecified atom stereocenters. The standard InChI is InChI=1S/C32H36N2O5S/c1-36-14-2-12-34-13-15-37-29-9-3-22(17-27(29)34)21-38-30-20-33-19-28(35)32(30)23-4-6-25(7-5-23)39-26-8-10-31-24(18-26)11-16-40-31/h3-11,16-18,28,30,32-33,35H,2,12-15,19-21H2,1H3/t28-,30+,32+/m1/s1. The Balaban J connectivity index is 1.12. The van der Waals surface area contributed by atoms with Crippen LogP contribution in [-0.4, -0.2) is 63.8 Å². The molecule has 0 amide bonds. The number of aliphatic hydroxyl groups is 1. The lowest BCUT2D eigenvalue weighted by atomic mass is 9.85. The third-order valence-electron chi connectivity index (χ3n) is 7.66. The lowest BCUT2D eigenvalue weighted by Gasteiger charge is -2.36. The number of piperidine rings is 1. The first kappa shape index (κ1) is 27.1. The van der Waals surface area contributed by atoms with Crippen LogP contribution in [0.5, 0.6) is 17.2 Å². The van der Waals surface area contributed by atoms with Crippen LogP contribution in [0.4, 0.5) is 5.69 Å². The number of hydrogen-bond donors (Lipinski definition) is 2. The van der Waals surface area contributed by atoms with E-state index in [1.807, 2.05) is 36.4 Å². The Labute approximate surface area is 239 Å². The Hall–Kier alpha value is -3.14. The van der Waals surface area contributed by atoms with E-state index < -0.39 is 6.10 Å². The van der Waals surface area contributed by atoms with Crippen molar-refractivity contribution in [2.75, 3.05) is 51.4 Å². The van der Waals surface area contributed by atoms with Crippen LogP contribution in [0.25, 0.3) is 10.1 Å². The first-order valence-corrected chi connectivity index (χ1v) is 14.8. The Morgan fingerprint density at radius 2 is 1.90 bits per heavy atom. The molecular formula is C32H36N2O5S. The predicted octanol–water partition coefficient (Wildman–Crippen LogP) is 5.56. The summed E-state index contributed by atoms with van der Waals surface area (Å²) in [5.74, 6) is 2.36. The van der Waals surface area contributed by atoms with E-state index in [0.29, 0.717) is 26.3 Å². The van der Waals surface area contributed by atoms with Gasteiger partial charge in [-0.3, -0.25) is 0 Å². The third-order valence-corrected chi connectivity index (χ3v) is 8.56. The van der Waals surface area contributed by atoms with Gasteiger partial charge in [-0.2, -0.15) is 0 Å². The van der Waals surface area contributed by atoms with Gasteiger partial charge in [0, 0.05) is 44.0 Å². The number of nitrogens with zero attached hydrogens (tertiary/aromatic N) is 1. The van der Waals surface area contributed by atoms with Gasteiger partial charge in [0.1, 0.15) is 23.9 Å². The molecule has 1 aromatic heterocycles. The van der Waals surface area contributed by atoms with Crippen molar-refractivity contribution in [3.8, 4) is 17.2 Å². The van der Waals surface area contributed by atoms with E-state index in [2.05, 4.69) is 45.9 Å². The van der Waals surface area contributed by atoms with Gasteiger partial charge in [-0.25, -0.2) is 0 Å². The maximum Gasteiger partial charge on any atom is 0.142 e. The number of methoxy groups -OCH3 is 1. The maximum absolute atomic E-state index is 11.0. The van der Waals surface area contributed by atoms with Crippen molar-refractivity contribution in [1.29, 1.82) is 0 Å². The Morgan fingerprint density at radius 3 is 2.77 bits per heavy atom. The van der Waals surface area contributed by atoms with Crippen LogP contribution in [0.3, 0.4) is 0 Å². The van der Waals surface area contributed by atoms with Crippen molar-refractivity contribution in [3.05, 3.63) is 83.2 Å². The average molecular weight is 561 g/mol. The van der Waals surface area contributed by atoms with Crippen LogP contribution < -0.4 is 19.7 Å². The number of ether oxygens (including phenoxy) is 4. The second-order valence-electron chi connectivity index (χ2n) is 10.4. The predicted molar refractivity (Wildman–Crippen MR) is 159 cm³/mol. The van der Waals surface area contributed by atoms with E-state index in [-0.39, 0.29) is 12.0 Å². The smallest absolute Gasteiger partial charge is 0.142 e. The molecule has 0 saturated carbocycles. The summed E-state index contributed by atoms with van der Waals surface area (Å²) in [6.45, 7) is 4.90. The summed E-state index contributed by atoms with van der Waals surface area (Å²) in [7, 11) is 1.74. The first-order valence-electron chi connectivity index (χ1n) is 13.9. The highest BCUT2D eigenvalue weighted by atomic mass is 32.1. The molecule has 3 atom stereocenters. The summed E-state index contributed by atoms with van der Waals surface area (Å²) in [4.78, 5) is 2.36. The first-order chi connectivity index (χ1) is 19.7. The molecule has 210 valence electrons. The summed E-state index contributed by atoms with van der Waals surface area (Å²) in [6.07, 6.45) is 0.263. The van der Waals surface area contributed by atoms with Crippen LogP contribution in [0.1, 0.15) is 23.5 Å². The van der Waals surface area contributed by atoms with Gasteiger partial charge in [0.2, 0.25) is 0 Å². The van der Waals surface area contributed by atoms with Crippen molar-refractivity contribution >= 4 is 27.1 Å². The molecule has 0 aliphatic carbocycles. The number of fused-ring (bicyclic) bond motifs is 2. The number of benzene rings is 3. The molecule has 3 heterocycles. The number of hydrogen-bond acceptors (Lipinski definition) is 8. The second-order valence-corrected chi connectivity index (χ2v) is 11.3. The van der Waals surface area contributed by atoms with Crippen molar-refractivity contribution in [1.82, 2.24) is 5.32 Å². The van der Waals surface area contributed by atoms with Crippen molar-refractivity contribution < 1.29 is 24.1 Å². The van der Waals surface area contributed by atoms with Gasteiger partial charge in [0.15, 0.2) is 0 Å². The number of aliphatic hydroxyl groups excluding tert-OH is 1. The molecule has 1 saturated heterocycles. The maximum atomic E-state index is 11.0. The number of anilines is 1. The second kappa shape index (κ2) is 12.6. The van der Waals surface area contributed by atoms with E-state index in [0.717, 1.165) is 60.2 Å².